The third-order valence-corrected chi connectivity index (χ3v) is 3.93. The van der Waals surface area contributed by atoms with Gasteiger partial charge in [0.05, 0.1) is 16.8 Å². The number of nitrogens with one attached hydrogen (secondary N) is 1. The summed E-state index contributed by atoms with van der Waals surface area (Å²) >= 11 is 1.24. The molecule has 0 bridgehead atoms. The van der Waals surface area contributed by atoms with E-state index in [1.54, 1.807) is 30.3 Å². The molecule has 0 atom stereocenters. The highest BCUT2D eigenvalue weighted by Crippen LogP contribution is 2.26. The van der Waals surface area contributed by atoms with Crippen LogP contribution in [0.4, 0.5) is 9.52 Å². The number of nitrogens with zero attached hydrogens (tertiary/aromatic N) is 1. The molecule has 0 aliphatic carbocycles. The number of rotatable bonds is 4. The second-order valence-electron chi connectivity index (χ2n) is 4.54. The lowest BCUT2D eigenvalue weighted by Gasteiger charge is -2.04. The molecule has 6 heteroatoms. The number of aromatic nitrogens is 1. The first-order valence-electron chi connectivity index (χ1n) is 6.76. The Balaban J connectivity index is 1.77. The highest BCUT2D eigenvalue weighted by Gasteiger charge is 2.10. The van der Waals surface area contributed by atoms with E-state index in [1.165, 1.54) is 23.5 Å². The molecule has 3 rings (SSSR count). The van der Waals surface area contributed by atoms with Crippen LogP contribution < -0.4 is 10.1 Å². The third kappa shape index (κ3) is 3.07. The van der Waals surface area contributed by atoms with Gasteiger partial charge in [0.15, 0.2) is 5.13 Å². The highest BCUT2D eigenvalue weighted by molar-refractivity contribution is 7.22. The Kier molecular flexibility index (Phi) is 4.02. The van der Waals surface area contributed by atoms with Crippen LogP contribution in [0.3, 0.4) is 0 Å². The van der Waals surface area contributed by atoms with E-state index in [2.05, 4.69) is 10.3 Å². The first-order chi connectivity index (χ1) is 10.7. The first kappa shape index (κ1) is 14.5. The van der Waals surface area contributed by atoms with Crippen LogP contribution in [0, 0.1) is 5.82 Å². The standard InChI is InChI=1S/C16H13FN2O2S/c1-2-21-12-6-3-10(4-7-12)15(20)19-16-18-13-8-5-11(17)9-14(13)22-16/h3-9H,2H2,1H3,(H,18,19,20). The van der Waals surface area contributed by atoms with Crippen molar-refractivity contribution in [2.75, 3.05) is 11.9 Å². The minimum absolute atomic E-state index is 0.262. The summed E-state index contributed by atoms with van der Waals surface area (Å²) in [6.07, 6.45) is 0. The molecule has 1 N–H and O–H groups in total. The summed E-state index contributed by atoms with van der Waals surface area (Å²) in [4.78, 5) is 16.4. The Hall–Kier alpha value is -2.47. The number of hydrogen-bond donors (Lipinski definition) is 1. The van der Waals surface area contributed by atoms with Gasteiger partial charge in [0.2, 0.25) is 0 Å². The lowest BCUT2D eigenvalue weighted by molar-refractivity contribution is 0.102. The number of ether oxygens (including phenoxy) is 1. The van der Waals surface area contributed by atoms with Crippen LogP contribution >= 0.6 is 11.3 Å². The Morgan fingerprint density at radius 3 is 2.77 bits per heavy atom. The molecule has 0 spiro atoms. The van der Waals surface area contributed by atoms with Crippen molar-refractivity contribution in [3.8, 4) is 5.75 Å². The van der Waals surface area contributed by atoms with Gasteiger partial charge >= 0.3 is 0 Å². The molecule has 0 radical (unpaired) electrons. The molecule has 4 nitrogen and oxygen atoms in total. The third-order valence-electron chi connectivity index (χ3n) is 3.00. The van der Waals surface area contributed by atoms with Crippen LogP contribution in [0.2, 0.25) is 0 Å². The maximum atomic E-state index is 13.2. The Morgan fingerprint density at radius 1 is 1.27 bits per heavy atom. The van der Waals surface area contributed by atoms with E-state index in [1.807, 2.05) is 6.92 Å². The van der Waals surface area contributed by atoms with Gasteiger partial charge in [0, 0.05) is 5.56 Å². The zero-order valence-electron chi connectivity index (χ0n) is 11.8. The Morgan fingerprint density at radius 2 is 2.05 bits per heavy atom. The molecule has 0 fully saturated rings. The lowest BCUT2D eigenvalue weighted by atomic mass is 10.2. The van der Waals surface area contributed by atoms with Crippen LogP contribution in [0.25, 0.3) is 10.2 Å². The molecule has 1 amide bonds. The highest BCUT2D eigenvalue weighted by atomic mass is 32.1. The smallest absolute Gasteiger partial charge is 0.257 e. The zero-order chi connectivity index (χ0) is 15.5. The number of halogens is 1. The number of hydrogen-bond acceptors (Lipinski definition) is 4. The van der Waals surface area contributed by atoms with Gasteiger partial charge in [-0.3, -0.25) is 10.1 Å². The molecule has 112 valence electrons. The van der Waals surface area contributed by atoms with Gasteiger partial charge in [-0.2, -0.15) is 0 Å². The summed E-state index contributed by atoms with van der Waals surface area (Å²) in [5.41, 5.74) is 1.17. The fourth-order valence-corrected chi connectivity index (χ4v) is 2.88. The van der Waals surface area contributed by atoms with Crippen molar-refractivity contribution in [1.29, 1.82) is 0 Å². The molecular weight excluding hydrogens is 303 g/mol. The number of anilines is 1. The molecule has 0 saturated heterocycles. The van der Waals surface area contributed by atoms with Gasteiger partial charge < -0.3 is 4.74 Å². The molecule has 22 heavy (non-hydrogen) atoms. The summed E-state index contributed by atoms with van der Waals surface area (Å²) in [6.45, 7) is 2.48. The summed E-state index contributed by atoms with van der Waals surface area (Å²) in [5.74, 6) is 0.137. The molecule has 2 aromatic carbocycles. The molecule has 0 unspecified atom stereocenters. The average molecular weight is 316 g/mol. The number of fused-ring (bicyclic) bond motifs is 1. The van der Waals surface area contributed by atoms with Crippen molar-refractivity contribution in [3.05, 3.63) is 53.8 Å². The SMILES string of the molecule is CCOc1ccc(C(=O)Nc2nc3ccc(F)cc3s2)cc1. The predicted molar refractivity (Wildman–Crippen MR) is 85.1 cm³/mol. The molecule has 0 aliphatic heterocycles. The zero-order valence-corrected chi connectivity index (χ0v) is 12.6. The second kappa shape index (κ2) is 6.11. The second-order valence-corrected chi connectivity index (χ2v) is 5.57. The van der Waals surface area contributed by atoms with Gasteiger partial charge in [0.25, 0.3) is 5.91 Å². The van der Waals surface area contributed by atoms with Gasteiger partial charge in [-0.05, 0) is 49.4 Å². The van der Waals surface area contributed by atoms with E-state index in [0.717, 1.165) is 5.75 Å². The average Bonchev–Trinajstić information content (AvgIpc) is 2.89. The molecule has 0 aliphatic rings. The van der Waals surface area contributed by atoms with Crippen molar-refractivity contribution >= 4 is 32.6 Å². The Bertz CT molecular complexity index is 815. The summed E-state index contributed by atoms with van der Waals surface area (Å²) < 4.78 is 19.2. The normalized spacial score (nSPS) is 10.6. The van der Waals surface area contributed by atoms with Crippen LogP contribution in [-0.4, -0.2) is 17.5 Å². The van der Waals surface area contributed by atoms with E-state index in [9.17, 15) is 9.18 Å². The predicted octanol–water partition coefficient (Wildman–Crippen LogP) is 4.09. The fraction of sp³-hybridized carbons (Fsp3) is 0.125. The lowest BCUT2D eigenvalue weighted by Crippen LogP contribution is -2.11. The number of carbonyl (C=O) groups excluding carboxylic acids is 1. The fourth-order valence-electron chi connectivity index (χ4n) is 1.99. The number of amides is 1. The van der Waals surface area contributed by atoms with Crippen molar-refractivity contribution in [2.45, 2.75) is 6.92 Å². The van der Waals surface area contributed by atoms with E-state index < -0.39 is 0 Å². The van der Waals surface area contributed by atoms with Crippen LogP contribution in [0.15, 0.2) is 42.5 Å². The van der Waals surface area contributed by atoms with Crippen molar-refractivity contribution in [2.24, 2.45) is 0 Å². The molecular formula is C16H13FN2O2S. The van der Waals surface area contributed by atoms with Gasteiger partial charge in [-0.25, -0.2) is 9.37 Å². The van der Waals surface area contributed by atoms with Crippen molar-refractivity contribution in [1.82, 2.24) is 4.98 Å². The number of thiazole rings is 1. The minimum atomic E-state index is -0.319. The topological polar surface area (TPSA) is 51.2 Å². The van der Waals surface area contributed by atoms with Crippen LogP contribution in [-0.2, 0) is 0 Å². The number of carbonyl (C=O) groups is 1. The quantitative estimate of drug-likeness (QED) is 0.789. The molecule has 1 heterocycles. The van der Waals surface area contributed by atoms with E-state index in [4.69, 9.17) is 4.74 Å². The summed E-state index contributed by atoms with van der Waals surface area (Å²) in [7, 11) is 0. The van der Waals surface area contributed by atoms with E-state index in [-0.39, 0.29) is 11.7 Å². The first-order valence-corrected chi connectivity index (χ1v) is 7.57. The number of benzene rings is 2. The largest absolute Gasteiger partial charge is 0.494 e. The van der Waals surface area contributed by atoms with Gasteiger partial charge in [-0.15, -0.1) is 0 Å². The maximum Gasteiger partial charge on any atom is 0.257 e. The minimum Gasteiger partial charge on any atom is -0.494 e. The summed E-state index contributed by atoms with van der Waals surface area (Å²) in [5, 5.41) is 3.17. The molecule has 3 aromatic rings. The van der Waals surface area contributed by atoms with E-state index in [0.29, 0.717) is 27.5 Å². The van der Waals surface area contributed by atoms with Crippen molar-refractivity contribution < 1.29 is 13.9 Å². The van der Waals surface area contributed by atoms with Crippen LogP contribution in [0.5, 0.6) is 5.75 Å². The summed E-state index contributed by atoms with van der Waals surface area (Å²) in [6, 6.07) is 11.2. The Labute approximate surface area is 130 Å². The van der Waals surface area contributed by atoms with Gasteiger partial charge in [-0.1, -0.05) is 11.3 Å². The van der Waals surface area contributed by atoms with Gasteiger partial charge in [0.1, 0.15) is 11.6 Å². The monoisotopic (exact) mass is 316 g/mol. The molecule has 1 aromatic heterocycles. The molecule has 0 saturated carbocycles. The van der Waals surface area contributed by atoms with E-state index >= 15 is 0 Å². The maximum absolute atomic E-state index is 13.2. The van der Waals surface area contributed by atoms with Crippen LogP contribution in [0.1, 0.15) is 17.3 Å². The van der Waals surface area contributed by atoms with Crippen molar-refractivity contribution in [3.63, 3.8) is 0 Å².